The second-order valence-corrected chi connectivity index (χ2v) is 6.57. The van der Waals surface area contributed by atoms with Crippen LogP contribution in [0.3, 0.4) is 0 Å². The van der Waals surface area contributed by atoms with Crippen molar-refractivity contribution in [1.82, 2.24) is 10.2 Å². The van der Waals surface area contributed by atoms with E-state index in [9.17, 15) is 9.59 Å². The first-order valence-corrected chi connectivity index (χ1v) is 8.41. The van der Waals surface area contributed by atoms with E-state index in [0.29, 0.717) is 12.1 Å². The summed E-state index contributed by atoms with van der Waals surface area (Å²) in [6.45, 7) is 3.26. The molecule has 1 aromatic rings. The van der Waals surface area contributed by atoms with Crippen LogP contribution < -0.4 is 11.1 Å². The van der Waals surface area contributed by atoms with Gasteiger partial charge in [0.15, 0.2) is 0 Å². The predicted molar refractivity (Wildman–Crippen MR) is 89.5 cm³/mol. The van der Waals surface area contributed by atoms with Gasteiger partial charge in [-0.15, -0.1) is 0 Å². The third-order valence-electron chi connectivity index (χ3n) is 3.95. The van der Waals surface area contributed by atoms with E-state index in [0.717, 1.165) is 43.4 Å². The third-order valence-corrected chi connectivity index (χ3v) is 4.48. The van der Waals surface area contributed by atoms with Crippen LogP contribution in [0.5, 0.6) is 0 Å². The van der Waals surface area contributed by atoms with Gasteiger partial charge in [0.05, 0.1) is 5.92 Å². The van der Waals surface area contributed by atoms with Crippen LogP contribution in [-0.2, 0) is 4.79 Å². The summed E-state index contributed by atoms with van der Waals surface area (Å²) >= 11 is 3.35. The molecule has 1 aromatic carbocycles. The molecular formula is C16H22BrN3O2. The maximum atomic E-state index is 11.9. The zero-order valence-corrected chi connectivity index (χ0v) is 14.1. The molecule has 1 saturated heterocycles. The Morgan fingerprint density at radius 1 is 1.32 bits per heavy atom. The highest BCUT2D eigenvalue weighted by molar-refractivity contribution is 9.10. The summed E-state index contributed by atoms with van der Waals surface area (Å²) in [5.41, 5.74) is 6.04. The number of amides is 2. The van der Waals surface area contributed by atoms with Crippen LogP contribution >= 0.6 is 15.9 Å². The van der Waals surface area contributed by atoms with E-state index in [1.54, 1.807) is 12.1 Å². The van der Waals surface area contributed by atoms with Crippen molar-refractivity contribution < 1.29 is 9.59 Å². The van der Waals surface area contributed by atoms with Gasteiger partial charge in [0, 0.05) is 23.1 Å². The average molecular weight is 368 g/mol. The van der Waals surface area contributed by atoms with E-state index in [-0.39, 0.29) is 17.7 Å². The average Bonchev–Trinajstić information content (AvgIpc) is 2.52. The molecule has 2 rings (SSSR count). The Hall–Kier alpha value is -1.40. The van der Waals surface area contributed by atoms with Gasteiger partial charge >= 0.3 is 0 Å². The fraction of sp³-hybridized carbons (Fsp3) is 0.500. The number of halogens is 1. The normalized spacial score (nSPS) is 18.9. The van der Waals surface area contributed by atoms with Crippen LogP contribution in [0.1, 0.15) is 29.6 Å². The molecule has 2 amide bonds. The summed E-state index contributed by atoms with van der Waals surface area (Å²) in [5, 5.41) is 2.92. The SMILES string of the molecule is NC(=O)C1CCCN(CCCNC(=O)c2ccc(Br)cc2)C1. The van der Waals surface area contributed by atoms with E-state index in [4.69, 9.17) is 5.73 Å². The highest BCUT2D eigenvalue weighted by Gasteiger charge is 2.23. The number of carbonyl (C=O) groups excluding carboxylic acids is 2. The van der Waals surface area contributed by atoms with E-state index in [1.807, 2.05) is 12.1 Å². The van der Waals surface area contributed by atoms with Crippen LogP contribution in [0.15, 0.2) is 28.7 Å². The van der Waals surface area contributed by atoms with Gasteiger partial charge < -0.3 is 16.0 Å². The van der Waals surface area contributed by atoms with Crippen molar-refractivity contribution >= 4 is 27.7 Å². The fourth-order valence-corrected chi connectivity index (χ4v) is 2.96. The lowest BCUT2D eigenvalue weighted by atomic mass is 9.97. The molecule has 0 radical (unpaired) electrons. The molecule has 22 heavy (non-hydrogen) atoms. The molecule has 3 N–H and O–H groups in total. The molecule has 5 nitrogen and oxygen atoms in total. The van der Waals surface area contributed by atoms with Gasteiger partial charge in [-0.3, -0.25) is 9.59 Å². The van der Waals surface area contributed by atoms with Crippen molar-refractivity contribution in [3.63, 3.8) is 0 Å². The number of piperidine rings is 1. The minimum Gasteiger partial charge on any atom is -0.369 e. The molecule has 1 fully saturated rings. The summed E-state index contributed by atoms with van der Waals surface area (Å²) in [6, 6.07) is 7.29. The maximum Gasteiger partial charge on any atom is 0.251 e. The lowest BCUT2D eigenvalue weighted by molar-refractivity contribution is -0.123. The van der Waals surface area contributed by atoms with E-state index in [1.165, 1.54) is 0 Å². The summed E-state index contributed by atoms with van der Waals surface area (Å²) in [5.74, 6) is -0.277. The van der Waals surface area contributed by atoms with E-state index >= 15 is 0 Å². The number of nitrogens with zero attached hydrogens (tertiary/aromatic N) is 1. The van der Waals surface area contributed by atoms with Gasteiger partial charge in [-0.1, -0.05) is 15.9 Å². The molecule has 6 heteroatoms. The van der Waals surface area contributed by atoms with Gasteiger partial charge in [-0.2, -0.15) is 0 Å². The molecular weight excluding hydrogens is 346 g/mol. The largest absolute Gasteiger partial charge is 0.369 e. The van der Waals surface area contributed by atoms with Crippen molar-refractivity contribution in [2.75, 3.05) is 26.2 Å². The quantitative estimate of drug-likeness (QED) is 0.752. The Labute approximate surface area is 139 Å². The number of nitrogens with two attached hydrogens (primary N) is 1. The number of hydrogen-bond acceptors (Lipinski definition) is 3. The van der Waals surface area contributed by atoms with Crippen molar-refractivity contribution in [3.8, 4) is 0 Å². The standard InChI is InChI=1S/C16H22BrN3O2/c17-14-6-4-12(5-7-14)16(22)19-8-2-10-20-9-1-3-13(11-20)15(18)21/h4-7,13H,1-3,8-11H2,(H2,18,21)(H,19,22). The number of primary amides is 1. The lowest BCUT2D eigenvalue weighted by Crippen LogP contribution is -2.42. The van der Waals surface area contributed by atoms with Crippen LogP contribution in [0.2, 0.25) is 0 Å². The summed E-state index contributed by atoms with van der Waals surface area (Å²) < 4.78 is 0.957. The molecule has 1 atom stereocenters. The first-order chi connectivity index (χ1) is 10.6. The number of carbonyl (C=O) groups is 2. The Balaban J connectivity index is 1.67. The Kier molecular flexibility index (Phi) is 6.39. The Morgan fingerprint density at radius 3 is 2.73 bits per heavy atom. The van der Waals surface area contributed by atoms with Crippen LogP contribution in [0, 0.1) is 5.92 Å². The van der Waals surface area contributed by atoms with Gasteiger partial charge in [0.1, 0.15) is 0 Å². The van der Waals surface area contributed by atoms with Crippen molar-refractivity contribution in [3.05, 3.63) is 34.3 Å². The minimum atomic E-state index is -0.201. The van der Waals surface area contributed by atoms with E-state index in [2.05, 4.69) is 26.1 Å². The third kappa shape index (κ3) is 5.10. The van der Waals surface area contributed by atoms with Gasteiger partial charge in [0.25, 0.3) is 5.91 Å². The first-order valence-electron chi connectivity index (χ1n) is 7.61. The molecule has 1 heterocycles. The van der Waals surface area contributed by atoms with Gasteiger partial charge in [-0.25, -0.2) is 0 Å². The van der Waals surface area contributed by atoms with Gasteiger partial charge in [0.2, 0.25) is 5.91 Å². The second-order valence-electron chi connectivity index (χ2n) is 5.66. The summed E-state index contributed by atoms with van der Waals surface area (Å²) in [4.78, 5) is 25.4. The van der Waals surface area contributed by atoms with Crippen molar-refractivity contribution in [2.45, 2.75) is 19.3 Å². The number of likely N-dealkylation sites (tertiary alicyclic amines) is 1. The Morgan fingerprint density at radius 2 is 2.05 bits per heavy atom. The summed E-state index contributed by atoms with van der Waals surface area (Å²) in [7, 11) is 0. The number of rotatable bonds is 6. The molecule has 1 unspecified atom stereocenters. The fourth-order valence-electron chi connectivity index (χ4n) is 2.70. The lowest BCUT2D eigenvalue weighted by Gasteiger charge is -2.31. The topological polar surface area (TPSA) is 75.4 Å². The molecule has 0 spiro atoms. The highest BCUT2D eigenvalue weighted by Crippen LogP contribution is 2.16. The van der Waals surface area contributed by atoms with Crippen LogP contribution in [-0.4, -0.2) is 42.9 Å². The molecule has 0 aromatic heterocycles. The molecule has 1 aliphatic heterocycles. The highest BCUT2D eigenvalue weighted by atomic mass is 79.9. The number of nitrogens with one attached hydrogen (secondary N) is 1. The zero-order chi connectivity index (χ0) is 15.9. The zero-order valence-electron chi connectivity index (χ0n) is 12.6. The molecule has 0 saturated carbocycles. The minimum absolute atomic E-state index is 0.0221. The van der Waals surface area contributed by atoms with Gasteiger partial charge in [-0.05, 0) is 56.6 Å². The summed E-state index contributed by atoms with van der Waals surface area (Å²) in [6.07, 6.45) is 2.78. The van der Waals surface area contributed by atoms with Crippen molar-refractivity contribution in [1.29, 1.82) is 0 Å². The molecule has 0 bridgehead atoms. The van der Waals surface area contributed by atoms with Crippen LogP contribution in [0.25, 0.3) is 0 Å². The first kappa shape index (κ1) is 17.0. The second kappa shape index (κ2) is 8.29. The van der Waals surface area contributed by atoms with E-state index < -0.39 is 0 Å². The molecule has 120 valence electrons. The Bertz CT molecular complexity index is 519. The van der Waals surface area contributed by atoms with Crippen molar-refractivity contribution in [2.24, 2.45) is 11.7 Å². The monoisotopic (exact) mass is 367 g/mol. The molecule has 0 aliphatic carbocycles. The smallest absolute Gasteiger partial charge is 0.251 e. The number of benzene rings is 1. The van der Waals surface area contributed by atoms with Crippen LogP contribution in [0.4, 0.5) is 0 Å². The number of hydrogen-bond donors (Lipinski definition) is 2. The maximum absolute atomic E-state index is 11.9. The molecule has 1 aliphatic rings. The predicted octanol–water partition coefficient (Wildman–Crippen LogP) is 1.77.